The third-order valence-electron chi connectivity index (χ3n) is 3.95. The van der Waals surface area contributed by atoms with Crippen LogP contribution >= 0.6 is 11.3 Å². The van der Waals surface area contributed by atoms with Gasteiger partial charge in [-0.25, -0.2) is 14.2 Å². The number of anilines is 1. The molecular formula is C15H14FN7OS. The van der Waals surface area contributed by atoms with E-state index in [4.69, 9.17) is 0 Å². The van der Waals surface area contributed by atoms with Gasteiger partial charge in [0.1, 0.15) is 10.7 Å². The Labute approximate surface area is 146 Å². The summed E-state index contributed by atoms with van der Waals surface area (Å²) in [6.07, 6.45) is 0. The van der Waals surface area contributed by atoms with E-state index in [2.05, 4.69) is 25.6 Å². The third kappa shape index (κ3) is 2.95. The first-order chi connectivity index (χ1) is 12.1. The van der Waals surface area contributed by atoms with Crippen LogP contribution in [0.4, 0.5) is 14.3 Å². The molecule has 0 unspecified atom stereocenters. The summed E-state index contributed by atoms with van der Waals surface area (Å²) < 4.78 is 13.0. The number of carbonyl (C=O) groups is 1. The Morgan fingerprint density at radius 2 is 2.08 bits per heavy atom. The molecule has 8 nitrogen and oxygen atoms in total. The maximum atomic E-state index is 13.0. The molecule has 0 aliphatic carbocycles. The molecule has 0 atom stereocenters. The summed E-state index contributed by atoms with van der Waals surface area (Å²) in [4.78, 5) is 21.3. The van der Waals surface area contributed by atoms with Crippen molar-refractivity contribution in [1.29, 1.82) is 0 Å². The number of amides is 2. The Bertz CT molecular complexity index is 893. The molecule has 2 aromatic heterocycles. The first kappa shape index (κ1) is 15.6. The molecule has 1 aliphatic heterocycles. The fourth-order valence-corrected chi connectivity index (χ4v) is 3.70. The highest BCUT2D eigenvalue weighted by Gasteiger charge is 2.32. The highest BCUT2D eigenvalue weighted by Crippen LogP contribution is 2.34. The van der Waals surface area contributed by atoms with E-state index in [1.165, 1.54) is 23.5 Å². The molecule has 1 N–H and O–H groups in total. The highest BCUT2D eigenvalue weighted by molar-refractivity contribution is 7.19. The van der Waals surface area contributed by atoms with Crippen molar-refractivity contribution in [3.63, 3.8) is 0 Å². The number of aromatic nitrogens is 5. The van der Waals surface area contributed by atoms with Crippen molar-refractivity contribution in [3.05, 3.63) is 41.3 Å². The minimum atomic E-state index is -0.287. The molecule has 0 spiro atoms. The molecular weight excluding hydrogens is 345 g/mol. The molecule has 4 rings (SSSR count). The minimum absolute atomic E-state index is 0.113. The molecule has 3 aromatic rings. The van der Waals surface area contributed by atoms with Gasteiger partial charge in [-0.1, -0.05) is 23.5 Å². The summed E-state index contributed by atoms with van der Waals surface area (Å²) in [6.45, 7) is 3.44. The number of halogens is 1. The van der Waals surface area contributed by atoms with Crippen LogP contribution in [-0.2, 0) is 6.54 Å². The Morgan fingerprint density at radius 3 is 2.80 bits per heavy atom. The molecule has 1 saturated heterocycles. The normalized spacial score (nSPS) is 14.6. The van der Waals surface area contributed by atoms with Gasteiger partial charge in [-0.15, -0.1) is 10.2 Å². The number of nitrogens with zero attached hydrogens (tertiary/aromatic N) is 6. The second kappa shape index (κ2) is 6.20. The number of aryl methyl sites for hydroxylation is 1. The predicted octanol–water partition coefficient (Wildman–Crippen LogP) is 2.21. The number of hydrogen-bond donors (Lipinski definition) is 1. The van der Waals surface area contributed by atoms with Crippen molar-refractivity contribution in [1.82, 2.24) is 30.5 Å². The fourth-order valence-electron chi connectivity index (χ4n) is 2.68. The maximum absolute atomic E-state index is 13.0. The molecule has 1 aliphatic rings. The number of hydrogen-bond acceptors (Lipinski definition) is 6. The number of thiazole rings is 1. The van der Waals surface area contributed by atoms with Crippen LogP contribution in [0.15, 0.2) is 24.3 Å². The lowest BCUT2D eigenvalue weighted by atomic mass is 10.2. The molecule has 25 heavy (non-hydrogen) atoms. The fraction of sp³-hybridized carbons (Fsp3) is 0.267. The quantitative estimate of drug-likeness (QED) is 0.771. The number of urea groups is 1. The average molecular weight is 359 g/mol. The van der Waals surface area contributed by atoms with Crippen LogP contribution in [0.2, 0.25) is 0 Å². The topological polar surface area (TPSA) is 90.9 Å². The molecule has 0 saturated carbocycles. The summed E-state index contributed by atoms with van der Waals surface area (Å²) in [6, 6.07) is 6.06. The molecule has 10 heteroatoms. The Morgan fingerprint density at radius 1 is 1.28 bits per heavy atom. The van der Waals surface area contributed by atoms with Crippen LogP contribution in [0.25, 0.3) is 10.7 Å². The predicted molar refractivity (Wildman–Crippen MR) is 89.6 cm³/mol. The zero-order valence-corrected chi connectivity index (χ0v) is 14.1. The van der Waals surface area contributed by atoms with E-state index in [1.54, 1.807) is 21.9 Å². The summed E-state index contributed by atoms with van der Waals surface area (Å²) in [5.74, 6) is 0.182. The molecule has 1 fully saturated rings. The van der Waals surface area contributed by atoms with E-state index in [9.17, 15) is 9.18 Å². The van der Waals surface area contributed by atoms with Gasteiger partial charge in [-0.3, -0.25) is 4.90 Å². The number of aromatic amines is 1. The first-order valence-electron chi connectivity index (χ1n) is 7.64. The number of benzene rings is 1. The monoisotopic (exact) mass is 359 g/mol. The number of nitrogens with one attached hydrogen (secondary N) is 1. The zero-order valence-electron chi connectivity index (χ0n) is 13.3. The molecule has 0 bridgehead atoms. The van der Waals surface area contributed by atoms with Crippen LogP contribution in [0.3, 0.4) is 0 Å². The molecule has 1 aromatic carbocycles. The van der Waals surface area contributed by atoms with E-state index in [1.807, 2.05) is 6.92 Å². The van der Waals surface area contributed by atoms with Gasteiger partial charge in [0.2, 0.25) is 5.82 Å². The van der Waals surface area contributed by atoms with E-state index in [0.717, 1.165) is 16.1 Å². The van der Waals surface area contributed by atoms with Gasteiger partial charge in [0.25, 0.3) is 0 Å². The van der Waals surface area contributed by atoms with E-state index in [0.29, 0.717) is 30.6 Å². The van der Waals surface area contributed by atoms with Gasteiger partial charge in [0.15, 0.2) is 5.13 Å². The third-order valence-corrected chi connectivity index (χ3v) is 5.12. The lowest BCUT2D eigenvalue weighted by molar-refractivity contribution is 0.219. The number of H-pyrrole nitrogens is 1. The second-order valence-corrected chi connectivity index (χ2v) is 6.61. The van der Waals surface area contributed by atoms with Crippen molar-refractivity contribution in [2.24, 2.45) is 0 Å². The van der Waals surface area contributed by atoms with Crippen LogP contribution in [0.1, 0.15) is 11.3 Å². The van der Waals surface area contributed by atoms with Gasteiger partial charge in [-0.2, -0.15) is 5.21 Å². The summed E-state index contributed by atoms with van der Waals surface area (Å²) >= 11 is 1.36. The van der Waals surface area contributed by atoms with Crippen LogP contribution in [-0.4, -0.2) is 49.6 Å². The Hall–Kier alpha value is -2.88. The first-order valence-corrected chi connectivity index (χ1v) is 8.45. The number of carbonyl (C=O) groups excluding carboxylic acids is 1. The van der Waals surface area contributed by atoms with Crippen molar-refractivity contribution in [2.45, 2.75) is 13.5 Å². The van der Waals surface area contributed by atoms with Crippen LogP contribution < -0.4 is 4.90 Å². The largest absolute Gasteiger partial charge is 0.326 e. The number of tetrazole rings is 1. The minimum Gasteiger partial charge on any atom is -0.318 e. The SMILES string of the molecule is Cc1nc(N2CCN(Cc3ccc(F)cc3)C2=O)sc1-c1nn[nH]n1. The molecule has 0 radical (unpaired) electrons. The summed E-state index contributed by atoms with van der Waals surface area (Å²) in [7, 11) is 0. The highest BCUT2D eigenvalue weighted by atomic mass is 32.1. The standard InChI is InChI=1S/C15H14FN7OS/c1-9-12(13-18-20-21-19-13)25-14(17-9)23-7-6-22(15(23)24)8-10-2-4-11(16)5-3-10/h2-5H,6-8H2,1H3,(H,18,19,20,21). The van der Waals surface area contributed by atoms with Crippen LogP contribution in [0.5, 0.6) is 0 Å². The zero-order chi connectivity index (χ0) is 17.4. The lowest BCUT2D eigenvalue weighted by Gasteiger charge is -2.16. The van der Waals surface area contributed by atoms with Crippen molar-refractivity contribution >= 4 is 22.5 Å². The van der Waals surface area contributed by atoms with Crippen molar-refractivity contribution in [2.75, 3.05) is 18.0 Å². The lowest BCUT2D eigenvalue weighted by Crippen LogP contribution is -2.31. The van der Waals surface area contributed by atoms with E-state index >= 15 is 0 Å². The molecule has 3 heterocycles. The van der Waals surface area contributed by atoms with Gasteiger partial charge < -0.3 is 4.90 Å². The van der Waals surface area contributed by atoms with Gasteiger partial charge in [-0.05, 0) is 29.8 Å². The van der Waals surface area contributed by atoms with Gasteiger partial charge >= 0.3 is 6.03 Å². The van der Waals surface area contributed by atoms with E-state index < -0.39 is 0 Å². The van der Waals surface area contributed by atoms with E-state index in [-0.39, 0.29) is 11.8 Å². The van der Waals surface area contributed by atoms with Gasteiger partial charge in [0.05, 0.1) is 5.69 Å². The van der Waals surface area contributed by atoms with Crippen molar-refractivity contribution < 1.29 is 9.18 Å². The van der Waals surface area contributed by atoms with Crippen LogP contribution in [0, 0.1) is 12.7 Å². The van der Waals surface area contributed by atoms with Crippen molar-refractivity contribution in [3.8, 4) is 10.7 Å². The smallest absolute Gasteiger partial charge is 0.318 e. The summed E-state index contributed by atoms with van der Waals surface area (Å²) in [5, 5.41) is 14.5. The maximum Gasteiger partial charge on any atom is 0.326 e. The van der Waals surface area contributed by atoms with Gasteiger partial charge in [0, 0.05) is 19.6 Å². The molecule has 128 valence electrons. The Balaban J connectivity index is 1.52. The molecule has 2 amide bonds. The second-order valence-electron chi connectivity index (χ2n) is 5.63. The Kier molecular flexibility index (Phi) is 3.88. The summed E-state index contributed by atoms with van der Waals surface area (Å²) in [5.41, 5.74) is 1.64. The average Bonchev–Trinajstić information content (AvgIpc) is 3.31. The number of rotatable bonds is 4.